The number of nitrogens with one attached hydrogen (secondary N) is 1. The number of nitrogens with two attached hydrogens (primary N) is 1. The van der Waals surface area contributed by atoms with Crippen molar-refractivity contribution in [1.29, 1.82) is 0 Å². The van der Waals surface area contributed by atoms with Crippen LogP contribution in [0.25, 0.3) is 0 Å². The molecule has 0 aromatic rings. The number of hydrogen-bond donors (Lipinski definition) is 2. The summed E-state index contributed by atoms with van der Waals surface area (Å²) in [5.41, 5.74) is 5.27. The first-order chi connectivity index (χ1) is 6.64. The molecule has 1 atom stereocenters. The van der Waals surface area contributed by atoms with Crippen LogP contribution in [-0.2, 0) is 13.3 Å². The Hall–Kier alpha value is 0.0169. The van der Waals surface area contributed by atoms with Crippen LogP contribution in [0.5, 0.6) is 0 Å². The van der Waals surface area contributed by atoms with Gasteiger partial charge in [-0.25, -0.2) is 0 Å². The van der Waals surface area contributed by atoms with Crippen molar-refractivity contribution in [2.45, 2.75) is 25.6 Å². The van der Waals surface area contributed by atoms with Gasteiger partial charge in [0.25, 0.3) is 0 Å². The molecule has 0 aromatic heterocycles. The van der Waals surface area contributed by atoms with E-state index in [2.05, 4.69) is 5.32 Å². The number of rotatable bonds is 4. The van der Waals surface area contributed by atoms with Crippen molar-refractivity contribution in [1.82, 2.24) is 5.32 Å². The quantitative estimate of drug-likeness (QED) is 0.663. The molecule has 6 heteroatoms. The second-order valence-electron chi connectivity index (χ2n) is 3.00. The molecule has 1 aliphatic heterocycles. The van der Waals surface area contributed by atoms with Gasteiger partial charge < -0.3 is 24.3 Å². The van der Waals surface area contributed by atoms with E-state index in [0.717, 1.165) is 19.0 Å². The lowest BCUT2D eigenvalue weighted by atomic mass is 10.2. The van der Waals surface area contributed by atoms with Gasteiger partial charge in [0.1, 0.15) is 0 Å². The third kappa shape index (κ3) is 4.49. The van der Waals surface area contributed by atoms with E-state index in [9.17, 15) is 0 Å². The zero-order valence-electron chi connectivity index (χ0n) is 9.50. The Morgan fingerprint density at radius 2 is 1.64 bits per heavy atom. The molecule has 0 radical (unpaired) electrons. The molecule has 0 amide bonds. The molecule has 5 nitrogen and oxygen atoms in total. The number of hydrogen-bond acceptors (Lipinski definition) is 5. The normalized spacial score (nSPS) is 20.8. The van der Waals surface area contributed by atoms with Gasteiger partial charge in [-0.15, -0.1) is 0 Å². The van der Waals surface area contributed by atoms with Crippen LogP contribution >= 0.6 is 0 Å². The second-order valence-corrected chi connectivity index (χ2v) is 6.30. The summed E-state index contributed by atoms with van der Waals surface area (Å²) < 4.78 is 15.2. The van der Waals surface area contributed by atoms with Crippen molar-refractivity contribution < 1.29 is 13.3 Å². The van der Waals surface area contributed by atoms with Crippen molar-refractivity contribution >= 4 is 8.80 Å². The molecular formula is C8H22N2O3Si. The van der Waals surface area contributed by atoms with Crippen molar-refractivity contribution in [3.05, 3.63) is 0 Å². The van der Waals surface area contributed by atoms with E-state index in [1.807, 2.05) is 6.92 Å². The van der Waals surface area contributed by atoms with Crippen molar-refractivity contribution in [3.8, 4) is 0 Å². The summed E-state index contributed by atoms with van der Waals surface area (Å²) in [5, 5.41) is 2.99. The summed E-state index contributed by atoms with van der Waals surface area (Å²) >= 11 is 0. The highest BCUT2D eigenvalue weighted by Gasteiger charge is 2.34. The first-order valence-electron chi connectivity index (χ1n) is 4.78. The largest absolute Gasteiger partial charge is 0.499 e. The maximum atomic E-state index is 5.27. The lowest BCUT2D eigenvalue weighted by Gasteiger charge is -2.22. The van der Waals surface area contributed by atoms with E-state index in [1.54, 1.807) is 21.3 Å². The molecule has 1 aliphatic rings. The van der Waals surface area contributed by atoms with Crippen LogP contribution in [-0.4, -0.2) is 42.8 Å². The average molecular weight is 222 g/mol. The zero-order chi connectivity index (χ0) is 11.0. The van der Waals surface area contributed by atoms with Crippen LogP contribution in [0.1, 0.15) is 13.3 Å². The summed E-state index contributed by atoms with van der Waals surface area (Å²) in [7, 11) is 2.65. The van der Waals surface area contributed by atoms with E-state index in [4.69, 9.17) is 19.0 Å². The third-order valence-electron chi connectivity index (χ3n) is 2.23. The maximum Gasteiger partial charge on any atom is 0.499 e. The first-order valence-corrected chi connectivity index (χ1v) is 6.71. The Bertz CT molecular complexity index is 123. The van der Waals surface area contributed by atoms with E-state index >= 15 is 0 Å². The predicted molar refractivity (Wildman–Crippen MR) is 57.9 cm³/mol. The summed E-state index contributed by atoms with van der Waals surface area (Å²) in [6.07, 6.45) is 1.47. The fourth-order valence-electron chi connectivity index (χ4n) is 0.994. The minimum atomic E-state index is -2.19. The van der Waals surface area contributed by atoms with Crippen LogP contribution < -0.4 is 11.1 Å². The van der Waals surface area contributed by atoms with Crippen LogP contribution in [0.4, 0.5) is 0 Å². The van der Waals surface area contributed by atoms with Crippen LogP contribution in [0.3, 0.4) is 0 Å². The molecule has 1 rings (SSSR count). The molecule has 1 unspecified atom stereocenters. The SMILES string of the molecule is CC[Si](OC)(OC)OC.NC1CCN1. The Labute approximate surface area is 87.3 Å². The van der Waals surface area contributed by atoms with E-state index in [0.29, 0.717) is 6.17 Å². The van der Waals surface area contributed by atoms with Crippen LogP contribution in [0.15, 0.2) is 0 Å². The van der Waals surface area contributed by atoms with E-state index in [-0.39, 0.29) is 0 Å². The van der Waals surface area contributed by atoms with Gasteiger partial charge >= 0.3 is 8.80 Å². The molecule has 0 saturated carbocycles. The highest BCUT2D eigenvalue weighted by atomic mass is 28.4. The van der Waals surface area contributed by atoms with Gasteiger partial charge in [-0.3, -0.25) is 0 Å². The van der Waals surface area contributed by atoms with Crippen LogP contribution in [0.2, 0.25) is 6.04 Å². The standard InChI is InChI=1S/C5H14O3Si.C3H8N2/c1-5-9(6-2,7-3)8-4;4-3-1-2-5-3/h5H2,1-4H3;3,5H,1-2,4H2. The Morgan fingerprint density at radius 3 is 1.64 bits per heavy atom. The lowest BCUT2D eigenvalue weighted by Crippen LogP contribution is -2.49. The molecular weight excluding hydrogens is 200 g/mol. The highest BCUT2D eigenvalue weighted by Crippen LogP contribution is 2.10. The van der Waals surface area contributed by atoms with Gasteiger partial charge in [-0.1, -0.05) is 6.92 Å². The fourth-order valence-corrected chi connectivity index (χ4v) is 2.36. The minimum absolute atomic E-state index is 0.315. The fraction of sp³-hybridized carbons (Fsp3) is 1.00. The predicted octanol–water partition coefficient (Wildman–Crippen LogP) is 0.149. The van der Waals surface area contributed by atoms with Crippen molar-refractivity contribution in [3.63, 3.8) is 0 Å². The van der Waals surface area contributed by atoms with Crippen LogP contribution in [0, 0.1) is 0 Å². The molecule has 1 heterocycles. The lowest BCUT2D eigenvalue weighted by molar-refractivity contribution is 0.125. The van der Waals surface area contributed by atoms with Crippen molar-refractivity contribution in [2.24, 2.45) is 5.73 Å². The Morgan fingerprint density at radius 1 is 1.29 bits per heavy atom. The zero-order valence-corrected chi connectivity index (χ0v) is 10.5. The topological polar surface area (TPSA) is 65.7 Å². The molecule has 0 spiro atoms. The Balaban J connectivity index is 0.000000280. The molecule has 0 aromatic carbocycles. The van der Waals surface area contributed by atoms with Gasteiger partial charge in [-0.2, -0.15) is 0 Å². The maximum absolute atomic E-state index is 5.27. The van der Waals surface area contributed by atoms with Gasteiger partial charge in [0, 0.05) is 27.4 Å². The smallest absolute Gasteiger partial charge is 0.377 e. The molecule has 0 bridgehead atoms. The first kappa shape index (κ1) is 14.0. The average Bonchev–Trinajstić information content (AvgIpc) is 2.20. The molecule has 0 aliphatic carbocycles. The monoisotopic (exact) mass is 222 g/mol. The van der Waals surface area contributed by atoms with Crippen molar-refractivity contribution in [2.75, 3.05) is 27.9 Å². The van der Waals surface area contributed by atoms with Gasteiger partial charge in [0.05, 0.1) is 6.17 Å². The van der Waals surface area contributed by atoms with E-state index in [1.165, 1.54) is 0 Å². The summed E-state index contributed by atoms with van der Waals surface area (Å²) in [6, 6.07) is 0.816. The second kappa shape index (κ2) is 7.33. The van der Waals surface area contributed by atoms with E-state index < -0.39 is 8.80 Å². The third-order valence-corrected chi connectivity index (χ3v) is 4.96. The molecule has 1 saturated heterocycles. The summed E-state index contributed by atoms with van der Waals surface area (Å²) in [5.74, 6) is 0. The molecule has 1 fully saturated rings. The molecule has 86 valence electrons. The summed E-state index contributed by atoms with van der Waals surface area (Å²) in [6.45, 7) is 3.10. The molecule has 3 N–H and O–H groups in total. The van der Waals surface area contributed by atoms with Gasteiger partial charge in [-0.05, 0) is 13.0 Å². The molecule has 14 heavy (non-hydrogen) atoms. The highest BCUT2D eigenvalue weighted by molar-refractivity contribution is 6.60. The minimum Gasteiger partial charge on any atom is -0.377 e. The Kier molecular flexibility index (Phi) is 7.34. The van der Waals surface area contributed by atoms with Gasteiger partial charge in [0.2, 0.25) is 0 Å². The summed E-state index contributed by atoms with van der Waals surface area (Å²) in [4.78, 5) is 0. The van der Waals surface area contributed by atoms with Gasteiger partial charge in [0.15, 0.2) is 0 Å².